The van der Waals surface area contributed by atoms with Gasteiger partial charge >= 0.3 is 0 Å². The molecule has 3 aromatic rings. The van der Waals surface area contributed by atoms with Crippen LogP contribution in [0.4, 0.5) is 11.4 Å². The maximum absolute atomic E-state index is 12.3. The smallest absolute Gasteiger partial charge is 0.270 e. The zero-order chi connectivity index (χ0) is 21.0. The van der Waals surface area contributed by atoms with E-state index in [1.807, 2.05) is 25.5 Å². The average Bonchev–Trinajstić information content (AvgIpc) is 2.95. The Morgan fingerprint density at radius 2 is 1.90 bits per heavy atom. The van der Waals surface area contributed by atoms with E-state index in [0.717, 1.165) is 17.0 Å². The largest absolute Gasteiger partial charge is 0.319 e. The molecule has 0 aliphatic heterocycles. The zero-order valence-corrected chi connectivity index (χ0v) is 16.5. The molecule has 1 N–H and O–H groups in total. The second-order valence-electron chi connectivity index (χ2n) is 6.86. The summed E-state index contributed by atoms with van der Waals surface area (Å²) in [6.45, 7) is 6.42. The lowest BCUT2D eigenvalue weighted by Crippen LogP contribution is -2.10. The van der Waals surface area contributed by atoms with Crippen molar-refractivity contribution in [2.24, 2.45) is 0 Å². The monoisotopic (exact) mass is 390 g/mol. The first-order chi connectivity index (χ1) is 13.8. The van der Waals surface area contributed by atoms with E-state index in [1.165, 1.54) is 23.8 Å². The molecule has 0 saturated heterocycles. The molecule has 1 heterocycles. The second-order valence-corrected chi connectivity index (χ2v) is 6.86. The van der Waals surface area contributed by atoms with Gasteiger partial charge in [0.2, 0.25) is 5.91 Å². The molecule has 0 fully saturated rings. The number of aromatic nitrogens is 2. The van der Waals surface area contributed by atoms with Crippen LogP contribution >= 0.6 is 0 Å². The fourth-order valence-electron chi connectivity index (χ4n) is 2.98. The predicted molar refractivity (Wildman–Crippen MR) is 113 cm³/mol. The third kappa shape index (κ3) is 4.95. The molecule has 1 aromatic heterocycles. The molecule has 0 saturated carbocycles. The van der Waals surface area contributed by atoms with Crippen molar-refractivity contribution < 1.29 is 9.72 Å². The van der Waals surface area contributed by atoms with Crippen LogP contribution in [0.25, 0.3) is 6.08 Å². The van der Waals surface area contributed by atoms with E-state index >= 15 is 0 Å². The maximum atomic E-state index is 12.3. The van der Waals surface area contributed by atoms with E-state index in [0.29, 0.717) is 17.8 Å². The minimum Gasteiger partial charge on any atom is -0.319 e. The molecule has 0 aliphatic carbocycles. The average molecular weight is 390 g/mol. The van der Waals surface area contributed by atoms with Gasteiger partial charge in [-0.1, -0.05) is 42.0 Å². The summed E-state index contributed by atoms with van der Waals surface area (Å²) in [5.74, 6) is -0.322. The van der Waals surface area contributed by atoms with Gasteiger partial charge < -0.3 is 5.32 Å². The molecule has 7 heteroatoms. The lowest BCUT2D eigenvalue weighted by Gasteiger charge is -2.06. The van der Waals surface area contributed by atoms with Crippen LogP contribution in [0, 0.1) is 30.9 Å². The van der Waals surface area contributed by atoms with Gasteiger partial charge in [-0.3, -0.25) is 19.6 Å². The number of hydrogen-bond acceptors (Lipinski definition) is 4. The summed E-state index contributed by atoms with van der Waals surface area (Å²) in [5, 5.41) is 18.2. The zero-order valence-electron chi connectivity index (χ0n) is 16.5. The first kappa shape index (κ1) is 20.0. The number of nitro benzene ring substituents is 1. The van der Waals surface area contributed by atoms with E-state index in [1.54, 1.807) is 18.2 Å². The van der Waals surface area contributed by atoms with Crippen LogP contribution in [0.3, 0.4) is 0 Å². The van der Waals surface area contributed by atoms with E-state index < -0.39 is 4.92 Å². The minimum atomic E-state index is -0.466. The van der Waals surface area contributed by atoms with Crippen molar-refractivity contribution in [1.82, 2.24) is 9.78 Å². The molecule has 0 unspecified atom stereocenters. The molecule has 0 radical (unpaired) electrons. The Bertz CT molecular complexity index is 1080. The molecule has 1 amide bonds. The molecule has 2 aromatic carbocycles. The van der Waals surface area contributed by atoms with Crippen LogP contribution in [0.15, 0.2) is 54.6 Å². The summed E-state index contributed by atoms with van der Waals surface area (Å²) < 4.78 is 1.86. The van der Waals surface area contributed by atoms with E-state index in [4.69, 9.17) is 0 Å². The van der Waals surface area contributed by atoms with E-state index in [-0.39, 0.29) is 11.6 Å². The van der Waals surface area contributed by atoms with Gasteiger partial charge in [0, 0.05) is 18.2 Å². The van der Waals surface area contributed by atoms with Crippen molar-refractivity contribution in [3.8, 4) is 0 Å². The first-order valence-corrected chi connectivity index (χ1v) is 9.16. The molecular formula is C22H22N4O3. The number of nitrogens with zero attached hydrogens (tertiary/aromatic N) is 3. The summed E-state index contributed by atoms with van der Waals surface area (Å²) in [7, 11) is 0. The number of nitro groups is 1. The quantitative estimate of drug-likeness (QED) is 0.383. The van der Waals surface area contributed by atoms with Crippen LogP contribution in [0.2, 0.25) is 0 Å². The van der Waals surface area contributed by atoms with Gasteiger partial charge in [-0.05, 0) is 38.0 Å². The van der Waals surface area contributed by atoms with Gasteiger partial charge in [0.15, 0.2) is 0 Å². The third-order valence-electron chi connectivity index (χ3n) is 4.59. The van der Waals surface area contributed by atoms with Crippen LogP contribution < -0.4 is 5.32 Å². The Hall–Kier alpha value is -3.74. The van der Waals surface area contributed by atoms with Crippen LogP contribution in [0.1, 0.15) is 28.1 Å². The van der Waals surface area contributed by atoms with Crippen molar-refractivity contribution in [3.05, 3.63) is 92.8 Å². The van der Waals surface area contributed by atoms with Crippen molar-refractivity contribution in [2.45, 2.75) is 27.3 Å². The van der Waals surface area contributed by atoms with Gasteiger partial charge in [0.05, 0.1) is 28.5 Å². The number of carbonyl (C=O) groups is 1. The molecule has 0 aliphatic rings. The molecule has 3 rings (SSSR count). The standard InChI is InChI=1S/C22H22N4O3/c1-15-7-9-19(10-8-15)14-25-17(3)22(16(2)24-25)23-21(27)12-11-18-5-4-6-20(13-18)26(28)29/h4-13H,14H2,1-3H3,(H,23,27)/b12-11+. The van der Waals surface area contributed by atoms with Gasteiger partial charge in [-0.25, -0.2) is 0 Å². The number of nitrogens with one attached hydrogen (secondary N) is 1. The number of aryl methyl sites for hydroxylation is 2. The fraction of sp³-hybridized carbons (Fsp3) is 0.182. The highest BCUT2D eigenvalue weighted by Gasteiger charge is 2.13. The molecule has 0 bridgehead atoms. The number of hydrogen-bond donors (Lipinski definition) is 1. The Labute approximate surface area is 168 Å². The fourth-order valence-corrected chi connectivity index (χ4v) is 2.98. The third-order valence-corrected chi connectivity index (χ3v) is 4.59. The first-order valence-electron chi connectivity index (χ1n) is 9.16. The van der Waals surface area contributed by atoms with Crippen LogP contribution in [-0.2, 0) is 11.3 Å². The Kier molecular flexibility index (Phi) is 5.87. The van der Waals surface area contributed by atoms with Gasteiger partial charge in [-0.15, -0.1) is 0 Å². The van der Waals surface area contributed by atoms with Crippen molar-refractivity contribution in [2.75, 3.05) is 5.32 Å². The number of benzene rings is 2. The number of rotatable bonds is 6. The minimum absolute atomic E-state index is 0.0170. The van der Waals surface area contributed by atoms with Gasteiger partial charge in [-0.2, -0.15) is 5.10 Å². The number of anilines is 1. The second kappa shape index (κ2) is 8.52. The Morgan fingerprint density at radius 1 is 1.17 bits per heavy atom. The molecule has 0 atom stereocenters. The summed E-state index contributed by atoms with van der Waals surface area (Å²) in [6.07, 6.45) is 2.90. The lowest BCUT2D eigenvalue weighted by atomic mass is 10.1. The lowest BCUT2D eigenvalue weighted by molar-refractivity contribution is -0.384. The van der Waals surface area contributed by atoms with Crippen molar-refractivity contribution in [3.63, 3.8) is 0 Å². The van der Waals surface area contributed by atoms with E-state index in [9.17, 15) is 14.9 Å². The number of carbonyl (C=O) groups excluding carboxylic acids is 1. The van der Waals surface area contributed by atoms with Crippen molar-refractivity contribution in [1.29, 1.82) is 0 Å². The molecule has 29 heavy (non-hydrogen) atoms. The van der Waals surface area contributed by atoms with Gasteiger partial charge in [0.1, 0.15) is 0 Å². The summed E-state index contributed by atoms with van der Waals surface area (Å²) >= 11 is 0. The highest BCUT2D eigenvalue weighted by molar-refractivity contribution is 6.02. The summed E-state index contributed by atoms with van der Waals surface area (Å²) in [5.41, 5.74) is 5.16. The van der Waals surface area contributed by atoms with Crippen LogP contribution in [0.5, 0.6) is 0 Å². The summed E-state index contributed by atoms with van der Waals surface area (Å²) in [4.78, 5) is 22.7. The maximum Gasteiger partial charge on any atom is 0.270 e. The van der Waals surface area contributed by atoms with Crippen molar-refractivity contribution >= 4 is 23.4 Å². The number of non-ortho nitro benzene ring substituents is 1. The molecule has 148 valence electrons. The number of amides is 1. The Balaban J connectivity index is 1.72. The van der Waals surface area contributed by atoms with Gasteiger partial charge in [0.25, 0.3) is 5.69 Å². The molecular weight excluding hydrogens is 368 g/mol. The predicted octanol–water partition coefficient (Wildman–Crippen LogP) is 4.42. The highest BCUT2D eigenvalue weighted by atomic mass is 16.6. The molecule has 7 nitrogen and oxygen atoms in total. The normalized spacial score (nSPS) is 11.0. The SMILES string of the molecule is Cc1ccc(Cn2nc(C)c(NC(=O)/C=C/c3cccc([N+](=O)[O-])c3)c2C)cc1. The summed E-state index contributed by atoms with van der Waals surface area (Å²) in [6, 6.07) is 14.3. The Morgan fingerprint density at radius 3 is 2.59 bits per heavy atom. The topological polar surface area (TPSA) is 90.1 Å². The van der Waals surface area contributed by atoms with Crippen LogP contribution in [-0.4, -0.2) is 20.6 Å². The molecule has 0 spiro atoms. The van der Waals surface area contributed by atoms with E-state index in [2.05, 4.69) is 34.7 Å². The highest BCUT2D eigenvalue weighted by Crippen LogP contribution is 2.21.